The summed E-state index contributed by atoms with van der Waals surface area (Å²) in [6.07, 6.45) is 3.95. The quantitative estimate of drug-likeness (QED) is 0.878. The normalized spacial score (nSPS) is 26.6. The molecule has 0 spiro atoms. The predicted molar refractivity (Wildman–Crippen MR) is 69.2 cm³/mol. The van der Waals surface area contributed by atoms with Gasteiger partial charge in [-0.1, -0.05) is 20.3 Å². The smallest absolute Gasteiger partial charge is 0.128 e. The highest BCUT2D eigenvalue weighted by molar-refractivity contribution is 5.38. The van der Waals surface area contributed by atoms with Gasteiger partial charge >= 0.3 is 0 Å². The van der Waals surface area contributed by atoms with Gasteiger partial charge in [0.1, 0.15) is 17.2 Å². The maximum absolute atomic E-state index is 13.3. The van der Waals surface area contributed by atoms with E-state index >= 15 is 0 Å². The number of rotatable bonds is 4. The van der Waals surface area contributed by atoms with Gasteiger partial charge in [-0.2, -0.15) is 0 Å². The van der Waals surface area contributed by atoms with Crippen molar-refractivity contribution in [3.05, 3.63) is 29.6 Å². The molecular formula is C15H21FO2. The molecule has 0 saturated heterocycles. The van der Waals surface area contributed by atoms with Gasteiger partial charge in [-0.25, -0.2) is 4.39 Å². The molecule has 2 atom stereocenters. The van der Waals surface area contributed by atoms with Crippen molar-refractivity contribution in [1.29, 1.82) is 0 Å². The second kappa shape index (κ2) is 5.27. The fraction of sp³-hybridized carbons (Fsp3) is 0.600. The SMILES string of the molecule is CCCCC1(CC)C[C@H](O)c2ccc(F)cc2O1. The molecule has 0 fully saturated rings. The Hall–Kier alpha value is -1.09. The Kier molecular flexibility index (Phi) is 3.91. The third kappa shape index (κ3) is 2.51. The van der Waals surface area contributed by atoms with Gasteiger partial charge in [-0.05, 0) is 31.4 Å². The first-order valence-electron chi connectivity index (χ1n) is 6.77. The van der Waals surface area contributed by atoms with E-state index in [9.17, 15) is 9.50 Å². The Morgan fingerprint density at radius 3 is 2.89 bits per heavy atom. The van der Waals surface area contributed by atoms with Crippen LogP contribution in [0.15, 0.2) is 18.2 Å². The summed E-state index contributed by atoms with van der Waals surface area (Å²) < 4.78 is 19.3. The van der Waals surface area contributed by atoms with E-state index in [0.29, 0.717) is 17.7 Å². The molecular weight excluding hydrogens is 231 g/mol. The number of aliphatic hydroxyl groups excluding tert-OH is 1. The molecule has 1 heterocycles. The van der Waals surface area contributed by atoms with Crippen LogP contribution in [0.4, 0.5) is 4.39 Å². The molecule has 0 saturated carbocycles. The molecule has 1 aromatic rings. The summed E-state index contributed by atoms with van der Waals surface area (Å²) in [5.41, 5.74) is 0.368. The second-order valence-electron chi connectivity index (χ2n) is 5.14. The van der Waals surface area contributed by atoms with Crippen molar-refractivity contribution in [1.82, 2.24) is 0 Å². The number of ether oxygens (including phenoxy) is 1. The minimum absolute atomic E-state index is 0.316. The van der Waals surface area contributed by atoms with Gasteiger partial charge in [0.2, 0.25) is 0 Å². The predicted octanol–water partition coefficient (Wildman–Crippen LogP) is 3.98. The second-order valence-corrected chi connectivity index (χ2v) is 5.14. The fourth-order valence-corrected chi connectivity index (χ4v) is 2.65. The lowest BCUT2D eigenvalue weighted by Crippen LogP contribution is -2.40. The van der Waals surface area contributed by atoms with Crippen molar-refractivity contribution in [3.8, 4) is 5.75 Å². The molecule has 1 unspecified atom stereocenters. The molecule has 1 aromatic carbocycles. The monoisotopic (exact) mass is 252 g/mol. The van der Waals surface area contributed by atoms with Crippen molar-refractivity contribution in [2.24, 2.45) is 0 Å². The topological polar surface area (TPSA) is 29.5 Å². The maximum Gasteiger partial charge on any atom is 0.128 e. The zero-order chi connectivity index (χ0) is 13.2. The summed E-state index contributed by atoms with van der Waals surface area (Å²) in [7, 11) is 0. The molecule has 1 aliphatic heterocycles. The molecule has 3 heteroatoms. The Labute approximate surface area is 108 Å². The summed E-state index contributed by atoms with van der Waals surface area (Å²) in [6, 6.07) is 4.37. The Morgan fingerprint density at radius 1 is 1.44 bits per heavy atom. The van der Waals surface area contributed by atoms with E-state index < -0.39 is 6.10 Å². The molecule has 1 aliphatic rings. The molecule has 2 nitrogen and oxygen atoms in total. The van der Waals surface area contributed by atoms with E-state index in [4.69, 9.17) is 4.74 Å². The lowest BCUT2D eigenvalue weighted by molar-refractivity contribution is -0.0243. The highest BCUT2D eigenvalue weighted by atomic mass is 19.1. The number of fused-ring (bicyclic) bond motifs is 1. The van der Waals surface area contributed by atoms with Gasteiger partial charge in [0.15, 0.2) is 0 Å². The molecule has 0 radical (unpaired) electrons. The average molecular weight is 252 g/mol. The molecule has 18 heavy (non-hydrogen) atoms. The van der Waals surface area contributed by atoms with Crippen LogP contribution in [0.3, 0.4) is 0 Å². The van der Waals surface area contributed by atoms with E-state index in [1.165, 1.54) is 12.1 Å². The largest absolute Gasteiger partial charge is 0.487 e. The van der Waals surface area contributed by atoms with Crippen molar-refractivity contribution in [3.63, 3.8) is 0 Å². The van der Waals surface area contributed by atoms with E-state index in [0.717, 1.165) is 25.7 Å². The van der Waals surface area contributed by atoms with Crippen LogP contribution in [0, 0.1) is 5.82 Å². The van der Waals surface area contributed by atoms with Crippen molar-refractivity contribution in [2.75, 3.05) is 0 Å². The van der Waals surface area contributed by atoms with Crippen LogP contribution in [0.5, 0.6) is 5.75 Å². The van der Waals surface area contributed by atoms with Gasteiger partial charge in [0.05, 0.1) is 6.10 Å². The lowest BCUT2D eigenvalue weighted by atomic mass is 9.83. The van der Waals surface area contributed by atoms with Crippen molar-refractivity contribution < 1.29 is 14.2 Å². The average Bonchev–Trinajstić information content (AvgIpc) is 2.36. The van der Waals surface area contributed by atoms with Crippen LogP contribution in [-0.4, -0.2) is 10.7 Å². The molecule has 100 valence electrons. The van der Waals surface area contributed by atoms with E-state index in [1.807, 2.05) is 0 Å². The number of hydrogen-bond donors (Lipinski definition) is 1. The molecule has 0 amide bonds. The number of halogens is 1. The van der Waals surface area contributed by atoms with Crippen molar-refractivity contribution in [2.45, 2.75) is 57.7 Å². The van der Waals surface area contributed by atoms with Crippen molar-refractivity contribution >= 4 is 0 Å². The maximum atomic E-state index is 13.3. The van der Waals surface area contributed by atoms with E-state index in [-0.39, 0.29) is 11.4 Å². The molecule has 0 aromatic heterocycles. The Bertz CT molecular complexity index is 419. The summed E-state index contributed by atoms with van der Waals surface area (Å²) in [6.45, 7) is 4.20. The zero-order valence-electron chi connectivity index (χ0n) is 11.1. The summed E-state index contributed by atoms with van der Waals surface area (Å²) in [5.74, 6) is 0.190. The fourth-order valence-electron chi connectivity index (χ4n) is 2.65. The molecule has 1 N–H and O–H groups in total. The summed E-state index contributed by atoms with van der Waals surface area (Å²) in [5, 5.41) is 10.2. The van der Waals surface area contributed by atoms with Gasteiger partial charge in [0.25, 0.3) is 0 Å². The van der Waals surface area contributed by atoms with Crippen LogP contribution >= 0.6 is 0 Å². The first-order chi connectivity index (χ1) is 8.60. The summed E-state index contributed by atoms with van der Waals surface area (Å²) in [4.78, 5) is 0. The minimum Gasteiger partial charge on any atom is -0.487 e. The highest BCUT2D eigenvalue weighted by Crippen LogP contribution is 2.43. The van der Waals surface area contributed by atoms with E-state index in [1.54, 1.807) is 6.07 Å². The first-order valence-corrected chi connectivity index (χ1v) is 6.77. The lowest BCUT2D eigenvalue weighted by Gasteiger charge is -2.40. The number of unbranched alkanes of at least 4 members (excludes halogenated alkanes) is 1. The van der Waals surface area contributed by atoms with Crippen LogP contribution in [0.25, 0.3) is 0 Å². The third-order valence-electron chi connectivity index (χ3n) is 3.86. The Morgan fingerprint density at radius 2 is 2.22 bits per heavy atom. The van der Waals surface area contributed by atoms with Gasteiger partial charge in [-0.15, -0.1) is 0 Å². The van der Waals surface area contributed by atoms with E-state index in [2.05, 4.69) is 13.8 Å². The molecule has 0 aliphatic carbocycles. The first kappa shape index (κ1) is 13.3. The van der Waals surface area contributed by atoms with Gasteiger partial charge < -0.3 is 9.84 Å². The van der Waals surface area contributed by atoms with Gasteiger partial charge in [0, 0.05) is 18.1 Å². The minimum atomic E-state index is -0.550. The molecule has 0 bridgehead atoms. The zero-order valence-corrected chi connectivity index (χ0v) is 11.1. The van der Waals surface area contributed by atoms with Gasteiger partial charge in [-0.3, -0.25) is 0 Å². The molecule has 2 rings (SSSR count). The third-order valence-corrected chi connectivity index (χ3v) is 3.86. The standard InChI is InChI=1S/C15H21FO2/c1-3-5-8-15(4-2)10-13(17)12-7-6-11(16)9-14(12)18-15/h6-7,9,13,17H,3-5,8,10H2,1-2H3/t13-,15?/m0/s1. The van der Waals surface area contributed by atoms with Crippen LogP contribution in [0.1, 0.15) is 57.6 Å². The Balaban J connectivity index is 2.29. The number of aliphatic hydroxyl groups is 1. The summed E-state index contributed by atoms with van der Waals surface area (Å²) >= 11 is 0. The number of hydrogen-bond acceptors (Lipinski definition) is 2. The highest BCUT2D eigenvalue weighted by Gasteiger charge is 2.38. The van der Waals surface area contributed by atoms with Crippen LogP contribution < -0.4 is 4.74 Å². The van der Waals surface area contributed by atoms with Crippen LogP contribution in [-0.2, 0) is 0 Å². The number of benzene rings is 1. The van der Waals surface area contributed by atoms with Crippen LogP contribution in [0.2, 0.25) is 0 Å².